The van der Waals surface area contributed by atoms with Gasteiger partial charge in [-0.3, -0.25) is 4.90 Å². The van der Waals surface area contributed by atoms with Gasteiger partial charge in [0, 0.05) is 12.6 Å². The molecule has 0 spiro atoms. The fourth-order valence-electron chi connectivity index (χ4n) is 1.88. The fourth-order valence-corrected chi connectivity index (χ4v) is 1.88. The highest BCUT2D eigenvalue weighted by molar-refractivity contribution is 5.44. The summed E-state index contributed by atoms with van der Waals surface area (Å²) in [7, 11) is 3.33. The third-order valence-electron chi connectivity index (χ3n) is 3.04. The van der Waals surface area contributed by atoms with Crippen molar-refractivity contribution in [2.24, 2.45) is 5.73 Å². The van der Waals surface area contributed by atoms with Crippen LogP contribution in [-0.2, 0) is 0 Å². The Hall–Kier alpha value is -1.40. The van der Waals surface area contributed by atoms with Crippen LogP contribution in [0.3, 0.4) is 0 Å². The van der Waals surface area contributed by atoms with Gasteiger partial charge in [0.25, 0.3) is 0 Å². The molecule has 0 aliphatic carbocycles. The van der Waals surface area contributed by atoms with E-state index in [1.165, 1.54) is 7.11 Å². The van der Waals surface area contributed by atoms with Crippen LogP contribution < -0.4 is 15.2 Å². The summed E-state index contributed by atoms with van der Waals surface area (Å²) < 4.78 is 34.2. The van der Waals surface area contributed by atoms with Crippen molar-refractivity contribution in [2.45, 2.75) is 19.6 Å². The highest BCUT2D eigenvalue weighted by Crippen LogP contribution is 2.32. The molecule has 0 aliphatic heterocycles. The Balaban J connectivity index is 3.08. The summed E-state index contributed by atoms with van der Waals surface area (Å²) >= 11 is 0. The Morgan fingerprint density at radius 1 is 1.32 bits per heavy atom. The zero-order valence-corrected chi connectivity index (χ0v) is 11.4. The van der Waals surface area contributed by atoms with E-state index in [2.05, 4.69) is 4.74 Å². The van der Waals surface area contributed by atoms with Crippen LogP contribution in [0.5, 0.6) is 11.5 Å². The monoisotopic (exact) mass is 274 g/mol. The maximum atomic E-state index is 12.4. The van der Waals surface area contributed by atoms with Gasteiger partial charge in [-0.05, 0) is 31.3 Å². The van der Waals surface area contributed by atoms with Gasteiger partial charge in [0.2, 0.25) is 0 Å². The Bertz CT molecular complexity index is 402. The van der Waals surface area contributed by atoms with Crippen LogP contribution in [0.2, 0.25) is 0 Å². The van der Waals surface area contributed by atoms with E-state index in [1.54, 1.807) is 18.2 Å². The normalized spacial score (nSPS) is 12.8. The molecular formula is C13H20F2N2O2. The minimum Gasteiger partial charge on any atom is -0.493 e. The molecular weight excluding hydrogens is 254 g/mol. The van der Waals surface area contributed by atoms with Gasteiger partial charge in [-0.1, -0.05) is 13.0 Å². The molecule has 0 radical (unpaired) electrons. The zero-order chi connectivity index (χ0) is 14.4. The lowest BCUT2D eigenvalue weighted by Gasteiger charge is -2.26. The molecule has 6 heteroatoms. The lowest BCUT2D eigenvalue weighted by molar-refractivity contribution is -0.0513. The number of benzene rings is 1. The second-order valence-electron chi connectivity index (χ2n) is 4.11. The molecule has 0 bridgehead atoms. The third kappa shape index (κ3) is 4.04. The molecule has 0 amide bonds. The number of alkyl halides is 2. The number of hydrogen-bond donors (Lipinski definition) is 1. The molecule has 1 aromatic rings. The van der Waals surface area contributed by atoms with E-state index < -0.39 is 6.61 Å². The first-order chi connectivity index (χ1) is 9.03. The van der Waals surface area contributed by atoms with E-state index in [0.717, 1.165) is 12.1 Å². The average molecular weight is 274 g/mol. The second kappa shape index (κ2) is 7.25. The topological polar surface area (TPSA) is 47.7 Å². The van der Waals surface area contributed by atoms with Gasteiger partial charge in [0.15, 0.2) is 11.5 Å². The zero-order valence-electron chi connectivity index (χ0n) is 11.4. The number of nitrogens with two attached hydrogens (primary N) is 1. The summed E-state index contributed by atoms with van der Waals surface area (Å²) in [5.74, 6) is 0.303. The molecule has 19 heavy (non-hydrogen) atoms. The van der Waals surface area contributed by atoms with Gasteiger partial charge in [-0.15, -0.1) is 0 Å². The Morgan fingerprint density at radius 3 is 2.47 bits per heavy atom. The van der Waals surface area contributed by atoms with Crippen molar-refractivity contribution in [1.82, 2.24) is 4.90 Å². The van der Waals surface area contributed by atoms with Crippen molar-refractivity contribution in [3.8, 4) is 11.5 Å². The minimum absolute atomic E-state index is 0.0259. The summed E-state index contributed by atoms with van der Waals surface area (Å²) in [6.45, 7) is 0.316. The Morgan fingerprint density at radius 2 is 2.00 bits per heavy atom. The molecule has 0 fully saturated rings. The number of halogens is 2. The summed E-state index contributed by atoms with van der Waals surface area (Å²) in [6.07, 6.45) is 0. The number of ether oxygens (including phenoxy) is 2. The number of methoxy groups -OCH3 is 1. The van der Waals surface area contributed by atoms with Crippen molar-refractivity contribution in [2.75, 3.05) is 27.2 Å². The molecule has 2 N–H and O–H groups in total. The van der Waals surface area contributed by atoms with Crippen molar-refractivity contribution >= 4 is 0 Å². The number of hydrogen-bond acceptors (Lipinski definition) is 4. The van der Waals surface area contributed by atoms with Gasteiger partial charge in [-0.25, -0.2) is 0 Å². The first-order valence-electron chi connectivity index (χ1n) is 6.06. The highest BCUT2D eigenvalue weighted by Gasteiger charge is 2.18. The second-order valence-corrected chi connectivity index (χ2v) is 4.11. The first-order valence-corrected chi connectivity index (χ1v) is 6.06. The van der Waals surface area contributed by atoms with Crippen molar-refractivity contribution in [3.05, 3.63) is 23.8 Å². The van der Waals surface area contributed by atoms with Gasteiger partial charge in [0.05, 0.1) is 7.11 Å². The molecule has 108 valence electrons. The molecule has 1 unspecified atom stereocenters. The van der Waals surface area contributed by atoms with Crippen LogP contribution in [0.15, 0.2) is 18.2 Å². The summed E-state index contributed by atoms with van der Waals surface area (Å²) in [4.78, 5) is 2.04. The number of rotatable bonds is 7. The van der Waals surface area contributed by atoms with Crippen LogP contribution in [0, 0.1) is 0 Å². The largest absolute Gasteiger partial charge is 0.493 e. The Labute approximate surface area is 112 Å². The van der Waals surface area contributed by atoms with E-state index >= 15 is 0 Å². The van der Waals surface area contributed by atoms with Crippen molar-refractivity contribution in [3.63, 3.8) is 0 Å². The number of nitrogens with zero attached hydrogens (tertiary/aromatic N) is 1. The van der Waals surface area contributed by atoms with Gasteiger partial charge >= 0.3 is 6.61 Å². The standard InChI is InChI=1S/C13H20F2N2O2/c1-4-17(2)10(8-16)9-5-6-11(18-3)12(7-9)19-13(14)15/h5-7,10,13H,4,8,16H2,1-3H3. The molecule has 1 rings (SSSR count). The van der Waals surface area contributed by atoms with Crippen LogP contribution in [0.25, 0.3) is 0 Å². The molecule has 0 aromatic heterocycles. The predicted molar refractivity (Wildman–Crippen MR) is 69.7 cm³/mol. The van der Waals surface area contributed by atoms with Crippen molar-refractivity contribution < 1.29 is 18.3 Å². The highest BCUT2D eigenvalue weighted by atomic mass is 19.3. The predicted octanol–water partition coefficient (Wildman–Crippen LogP) is 2.25. The first kappa shape index (κ1) is 15.7. The molecule has 1 atom stereocenters. The van der Waals surface area contributed by atoms with Gasteiger partial charge in [-0.2, -0.15) is 8.78 Å². The molecule has 1 aromatic carbocycles. The quantitative estimate of drug-likeness (QED) is 0.828. The van der Waals surface area contributed by atoms with Crippen LogP contribution in [0.4, 0.5) is 8.78 Å². The number of likely N-dealkylation sites (N-methyl/N-ethyl adjacent to an activating group) is 1. The molecule has 0 saturated heterocycles. The van der Waals surface area contributed by atoms with Crippen LogP contribution >= 0.6 is 0 Å². The van der Waals surface area contributed by atoms with Gasteiger partial charge < -0.3 is 15.2 Å². The van der Waals surface area contributed by atoms with Crippen LogP contribution in [-0.4, -0.2) is 38.8 Å². The molecule has 0 aliphatic rings. The SMILES string of the molecule is CCN(C)C(CN)c1ccc(OC)c(OC(F)F)c1. The smallest absolute Gasteiger partial charge is 0.387 e. The summed E-state index contributed by atoms with van der Waals surface area (Å²) in [6, 6.07) is 4.92. The average Bonchev–Trinajstić information content (AvgIpc) is 2.39. The lowest BCUT2D eigenvalue weighted by atomic mass is 10.0. The molecule has 0 heterocycles. The van der Waals surface area contributed by atoms with Gasteiger partial charge in [0.1, 0.15) is 0 Å². The van der Waals surface area contributed by atoms with E-state index in [0.29, 0.717) is 6.54 Å². The Kier molecular flexibility index (Phi) is 5.98. The maximum absolute atomic E-state index is 12.4. The third-order valence-corrected chi connectivity index (χ3v) is 3.04. The van der Waals surface area contributed by atoms with E-state index in [1.807, 2.05) is 18.9 Å². The van der Waals surface area contributed by atoms with Crippen LogP contribution in [0.1, 0.15) is 18.5 Å². The van der Waals surface area contributed by atoms with Crippen molar-refractivity contribution in [1.29, 1.82) is 0 Å². The molecule has 4 nitrogen and oxygen atoms in total. The van der Waals surface area contributed by atoms with E-state index in [4.69, 9.17) is 10.5 Å². The van der Waals surface area contributed by atoms with E-state index in [9.17, 15) is 8.78 Å². The summed E-state index contributed by atoms with van der Waals surface area (Å²) in [5, 5.41) is 0. The maximum Gasteiger partial charge on any atom is 0.387 e. The summed E-state index contributed by atoms with van der Waals surface area (Å²) in [5.41, 5.74) is 6.56. The lowest BCUT2D eigenvalue weighted by Crippen LogP contribution is -2.30. The molecule has 0 saturated carbocycles. The van der Waals surface area contributed by atoms with E-state index in [-0.39, 0.29) is 17.5 Å². The minimum atomic E-state index is -2.88. The fraction of sp³-hybridized carbons (Fsp3) is 0.538.